The fourth-order valence-electron chi connectivity index (χ4n) is 6.76. The van der Waals surface area contributed by atoms with Gasteiger partial charge in [-0.25, -0.2) is 22.9 Å². The third-order valence-corrected chi connectivity index (χ3v) is 9.56. The van der Waals surface area contributed by atoms with Crippen molar-refractivity contribution in [1.29, 1.82) is 0 Å². The molecule has 6 aromatic rings. The number of ether oxygens (including phenoxy) is 2. The first-order chi connectivity index (χ1) is 26.5. The van der Waals surface area contributed by atoms with Gasteiger partial charge in [-0.3, -0.25) is 14.2 Å². The van der Waals surface area contributed by atoms with E-state index < -0.39 is 34.4 Å². The number of pyridine rings is 2. The molecular formula is C40H36F3N5O7. The Balaban J connectivity index is 0.942. The van der Waals surface area contributed by atoms with Crippen LogP contribution in [0.3, 0.4) is 0 Å². The summed E-state index contributed by atoms with van der Waals surface area (Å²) in [5.41, 5.74) is -0.285. The van der Waals surface area contributed by atoms with Crippen molar-refractivity contribution >= 4 is 39.5 Å². The minimum absolute atomic E-state index is 0.0286. The number of carboxylic acid groups (broad SMARTS) is 1. The van der Waals surface area contributed by atoms with Crippen LogP contribution in [0, 0.1) is 17.5 Å². The lowest BCUT2D eigenvalue weighted by atomic mass is 10.1. The highest BCUT2D eigenvalue weighted by atomic mass is 19.1. The summed E-state index contributed by atoms with van der Waals surface area (Å²) in [7, 11) is 3.01. The Kier molecular flexibility index (Phi) is 10.5. The lowest BCUT2D eigenvalue weighted by Gasteiger charge is -2.20. The Hall–Kier alpha value is -6.35. The standard InChI is InChI=1S/C40H36F3N5O7/c1-53-26-16-34(54-2)36-32(49)19-33(55-35(36)17-26)22-5-8-24(9-6-22)44-12-3-4-13-45-25-11-14-47(20-25)39-30(43)18-27-37(50)28(40(51)52)21-48(38(27)46-39)31-10-7-23(41)15-29(31)42/h5-10,15-19,21,25,44-45H,3-4,11-14,20H2,1-2H3,(H,51,52). The van der Waals surface area contributed by atoms with E-state index in [4.69, 9.17) is 13.9 Å². The second-order valence-electron chi connectivity index (χ2n) is 13.1. The molecular weight excluding hydrogens is 719 g/mol. The van der Waals surface area contributed by atoms with Crippen LogP contribution in [0.25, 0.3) is 39.0 Å². The summed E-state index contributed by atoms with van der Waals surface area (Å²) in [5, 5.41) is 16.5. The first-order valence-corrected chi connectivity index (χ1v) is 17.5. The molecule has 4 heterocycles. The van der Waals surface area contributed by atoms with E-state index in [0.29, 0.717) is 66.9 Å². The van der Waals surface area contributed by atoms with Crippen LogP contribution >= 0.6 is 0 Å². The molecule has 0 spiro atoms. The van der Waals surface area contributed by atoms with Gasteiger partial charge in [0.05, 0.1) is 25.3 Å². The summed E-state index contributed by atoms with van der Waals surface area (Å²) in [6.07, 6.45) is 3.34. The van der Waals surface area contributed by atoms with Crippen LogP contribution in [0.1, 0.15) is 29.6 Å². The maximum atomic E-state index is 15.5. The van der Waals surface area contributed by atoms with Gasteiger partial charge in [-0.1, -0.05) is 0 Å². The number of nitrogens with zero attached hydrogens (tertiary/aromatic N) is 3. The Morgan fingerprint density at radius 1 is 0.964 bits per heavy atom. The van der Waals surface area contributed by atoms with E-state index in [1.54, 1.807) is 17.0 Å². The third kappa shape index (κ3) is 7.55. The fourth-order valence-corrected chi connectivity index (χ4v) is 6.76. The highest BCUT2D eigenvalue weighted by Gasteiger charge is 2.27. The molecule has 1 atom stereocenters. The molecule has 1 fully saturated rings. The summed E-state index contributed by atoms with van der Waals surface area (Å²) >= 11 is 0. The van der Waals surface area contributed by atoms with E-state index in [-0.39, 0.29) is 34.0 Å². The van der Waals surface area contributed by atoms with Crippen LogP contribution in [0.5, 0.6) is 11.5 Å². The van der Waals surface area contributed by atoms with Crippen LogP contribution in [-0.2, 0) is 0 Å². The number of methoxy groups -OCH3 is 2. The summed E-state index contributed by atoms with van der Waals surface area (Å²) < 4.78 is 61.7. The quantitative estimate of drug-likeness (QED) is 0.113. The number of aromatic carboxylic acids is 1. The number of unbranched alkanes of at least 4 members (excludes halogenated alkanes) is 1. The van der Waals surface area contributed by atoms with Crippen LogP contribution in [0.2, 0.25) is 0 Å². The number of rotatable bonds is 13. The lowest BCUT2D eigenvalue weighted by Crippen LogP contribution is -2.34. The second kappa shape index (κ2) is 15.6. The zero-order chi connectivity index (χ0) is 38.8. The molecule has 15 heteroatoms. The van der Waals surface area contributed by atoms with Crippen molar-refractivity contribution in [3.05, 3.63) is 116 Å². The van der Waals surface area contributed by atoms with E-state index in [2.05, 4.69) is 15.6 Å². The smallest absolute Gasteiger partial charge is 0.341 e. The molecule has 7 rings (SSSR count). The average molecular weight is 756 g/mol. The normalized spacial score (nSPS) is 14.1. The van der Waals surface area contributed by atoms with Crippen molar-refractivity contribution in [2.24, 2.45) is 0 Å². The van der Waals surface area contributed by atoms with Crippen molar-refractivity contribution in [1.82, 2.24) is 14.9 Å². The van der Waals surface area contributed by atoms with E-state index in [1.807, 2.05) is 24.3 Å². The van der Waals surface area contributed by atoms with E-state index in [9.17, 15) is 28.3 Å². The van der Waals surface area contributed by atoms with Gasteiger partial charge in [-0.05, 0) is 68.3 Å². The summed E-state index contributed by atoms with van der Waals surface area (Å²) in [6.45, 7) is 2.30. The van der Waals surface area contributed by atoms with Crippen LogP contribution in [-0.4, -0.2) is 67.1 Å². The van der Waals surface area contributed by atoms with E-state index in [1.165, 1.54) is 20.3 Å². The van der Waals surface area contributed by atoms with Gasteiger partial charge in [0, 0.05) is 67.4 Å². The zero-order valence-electron chi connectivity index (χ0n) is 29.8. The summed E-state index contributed by atoms with van der Waals surface area (Å²) in [5.74, 6) is -3.00. The SMILES string of the molecule is COc1cc(OC)c2c(=O)cc(-c3ccc(NCCCCNC4CCN(c5nc6c(cc5F)c(=O)c(C(=O)O)cn6-c5ccc(F)cc5F)C4)cc3)oc2c1. The summed E-state index contributed by atoms with van der Waals surface area (Å²) in [4.78, 5) is 43.8. The molecule has 3 aromatic heterocycles. The molecule has 3 N–H and O–H groups in total. The largest absolute Gasteiger partial charge is 0.496 e. The van der Waals surface area contributed by atoms with Crippen molar-refractivity contribution in [3.63, 3.8) is 0 Å². The van der Waals surface area contributed by atoms with Crippen molar-refractivity contribution in [2.75, 3.05) is 50.6 Å². The summed E-state index contributed by atoms with van der Waals surface area (Å²) in [6, 6.07) is 16.0. The van der Waals surface area contributed by atoms with Gasteiger partial charge < -0.3 is 34.5 Å². The monoisotopic (exact) mass is 755 g/mol. The minimum atomic E-state index is -1.58. The maximum Gasteiger partial charge on any atom is 0.341 e. The highest BCUT2D eigenvalue weighted by molar-refractivity contribution is 5.92. The molecule has 55 heavy (non-hydrogen) atoms. The molecule has 1 unspecified atom stereocenters. The molecule has 0 saturated carbocycles. The van der Waals surface area contributed by atoms with Crippen molar-refractivity contribution in [3.8, 4) is 28.5 Å². The van der Waals surface area contributed by atoms with Gasteiger partial charge in [-0.15, -0.1) is 0 Å². The molecule has 0 amide bonds. The number of benzene rings is 3. The average Bonchev–Trinajstić information content (AvgIpc) is 3.64. The molecule has 0 bridgehead atoms. The third-order valence-electron chi connectivity index (χ3n) is 9.56. The Labute approximate surface area is 311 Å². The van der Waals surface area contributed by atoms with Gasteiger partial charge in [-0.2, -0.15) is 0 Å². The number of carboxylic acids is 1. The lowest BCUT2D eigenvalue weighted by molar-refractivity contribution is 0.0695. The Bertz CT molecular complexity index is 2540. The number of anilines is 2. The number of hydrogen-bond donors (Lipinski definition) is 3. The van der Waals surface area contributed by atoms with Gasteiger partial charge in [0.15, 0.2) is 22.7 Å². The fraction of sp³-hybridized carbons (Fsp3) is 0.250. The van der Waals surface area contributed by atoms with E-state index in [0.717, 1.165) is 53.1 Å². The molecule has 0 radical (unpaired) electrons. The number of hydrogen-bond acceptors (Lipinski definition) is 10. The molecule has 3 aromatic carbocycles. The molecule has 1 aliphatic heterocycles. The van der Waals surface area contributed by atoms with Gasteiger partial charge in [0.1, 0.15) is 45.4 Å². The van der Waals surface area contributed by atoms with Crippen molar-refractivity contribution in [2.45, 2.75) is 25.3 Å². The number of aromatic nitrogens is 2. The number of carbonyl (C=O) groups is 1. The Morgan fingerprint density at radius 2 is 1.75 bits per heavy atom. The molecule has 1 aliphatic rings. The highest BCUT2D eigenvalue weighted by Crippen LogP contribution is 2.32. The van der Waals surface area contributed by atoms with Crippen LogP contribution in [0.4, 0.5) is 24.7 Å². The van der Waals surface area contributed by atoms with Gasteiger partial charge in [0.25, 0.3) is 0 Å². The van der Waals surface area contributed by atoms with E-state index >= 15 is 4.39 Å². The van der Waals surface area contributed by atoms with Crippen LogP contribution < -0.4 is 35.9 Å². The topological polar surface area (TPSA) is 148 Å². The predicted octanol–water partition coefficient (Wildman–Crippen LogP) is 6.35. The van der Waals surface area contributed by atoms with Crippen LogP contribution in [0.15, 0.2) is 86.9 Å². The molecule has 0 aliphatic carbocycles. The second-order valence-corrected chi connectivity index (χ2v) is 13.1. The van der Waals surface area contributed by atoms with Crippen molar-refractivity contribution < 1.29 is 37.0 Å². The molecule has 12 nitrogen and oxygen atoms in total. The van der Waals surface area contributed by atoms with Gasteiger partial charge >= 0.3 is 5.97 Å². The molecule has 284 valence electrons. The maximum absolute atomic E-state index is 15.5. The number of nitrogens with one attached hydrogen (secondary N) is 2. The number of halogens is 3. The number of fused-ring (bicyclic) bond motifs is 2. The van der Waals surface area contributed by atoms with Gasteiger partial charge in [0.2, 0.25) is 5.43 Å². The zero-order valence-corrected chi connectivity index (χ0v) is 29.8. The Morgan fingerprint density at radius 3 is 2.47 bits per heavy atom. The predicted molar refractivity (Wildman–Crippen MR) is 202 cm³/mol. The molecule has 1 saturated heterocycles. The first kappa shape index (κ1) is 37.0. The minimum Gasteiger partial charge on any atom is -0.496 e. The first-order valence-electron chi connectivity index (χ1n) is 17.5.